The molecule has 0 radical (unpaired) electrons. The lowest BCUT2D eigenvalue weighted by atomic mass is 9.70. The van der Waals surface area contributed by atoms with Gasteiger partial charge in [-0.05, 0) is 146 Å². The van der Waals surface area contributed by atoms with Crippen molar-refractivity contribution in [1.82, 2.24) is 0 Å². The standard InChI is InChI=1S/C69H42N2O2/c1-5-21-44(22-6-1)70(45-23-7-2-8-24-45)60-40-43-39-58-55(41-54(43)68-65(60)52-32-16-20-36-63(52)73-68)64-53-38-37-51-50-31-15-19-35-62(50)72-67(51)66(53)61(71(46-25-9-3-10-26-46)47-27-11-4-12-28-47)42-59(64)69(58)56-33-17-13-29-48(56)49-30-14-18-34-57(49)69/h1-42H. The van der Waals surface area contributed by atoms with E-state index in [4.69, 9.17) is 8.83 Å². The fraction of sp³-hybridized carbons (Fsp3) is 0.0145. The van der Waals surface area contributed by atoms with Crippen LogP contribution in [-0.4, -0.2) is 0 Å². The second kappa shape index (κ2) is 15.2. The van der Waals surface area contributed by atoms with E-state index in [-0.39, 0.29) is 0 Å². The molecule has 2 aliphatic carbocycles. The first-order valence-electron chi connectivity index (χ1n) is 25.1. The summed E-state index contributed by atoms with van der Waals surface area (Å²) in [4.78, 5) is 4.82. The number of fused-ring (bicyclic) bond motifs is 21. The molecule has 2 aromatic heterocycles. The summed E-state index contributed by atoms with van der Waals surface area (Å²) in [5.41, 5.74) is 19.1. The molecule has 0 saturated heterocycles. The van der Waals surface area contributed by atoms with E-state index in [2.05, 4.69) is 265 Å². The Morgan fingerprint density at radius 1 is 0.288 bits per heavy atom. The van der Waals surface area contributed by atoms with Crippen molar-refractivity contribution in [2.24, 2.45) is 0 Å². The molecule has 73 heavy (non-hydrogen) atoms. The lowest BCUT2D eigenvalue weighted by Crippen LogP contribution is -2.26. The van der Waals surface area contributed by atoms with Crippen molar-refractivity contribution in [3.8, 4) is 22.3 Å². The van der Waals surface area contributed by atoms with Crippen molar-refractivity contribution in [2.75, 3.05) is 9.80 Å². The molecular formula is C69H42N2O2. The first kappa shape index (κ1) is 40.1. The third kappa shape index (κ3) is 5.49. The molecule has 4 nitrogen and oxygen atoms in total. The van der Waals surface area contributed by atoms with Crippen molar-refractivity contribution < 1.29 is 8.83 Å². The van der Waals surface area contributed by atoms with Crippen LogP contribution in [0.4, 0.5) is 34.1 Å². The highest BCUT2D eigenvalue weighted by Gasteiger charge is 2.53. The predicted molar refractivity (Wildman–Crippen MR) is 302 cm³/mol. The molecule has 0 aliphatic heterocycles. The average molecular weight is 931 g/mol. The smallest absolute Gasteiger partial charge is 0.145 e. The van der Waals surface area contributed by atoms with E-state index in [1.807, 2.05) is 0 Å². The largest absolute Gasteiger partial charge is 0.455 e. The fourth-order valence-electron chi connectivity index (χ4n) is 12.9. The summed E-state index contributed by atoms with van der Waals surface area (Å²) in [5, 5.41) is 8.70. The van der Waals surface area contributed by atoms with E-state index in [9.17, 15) is 0 Å². The number of furan rings is 2. The number of anilines is 6. The monoisotopic (exact) mass is 930 g/mol. The quantitative estimate of drug-likeness (QED) is 0.166. The van der Waals surface area contributed by atoms with Gasteiger partial charge in [0.15, 0.2) is 0 Å². The molecule has 1 spiro atoms. The molecule has 0 saturated carbocycles. The molecule has 4 heteroatoms. The van der Waals surface area contributed by atoms with Crippen LogP contribution in [0.2, 0.25) is 0 Å². The van der Waals surface area contributed by atoms with Crippen molar-refractivity contribution in [2.45, 2.75) is 5.41 Å². The molecule has 0 N–H and O–H groups in total. The minimum absolute atomic E-state index is 0.696. The van der Waals surface area contributed by atoms with Crippen LogP contribution >= 0.6 is 0 Å². The normalized spacial score (nSPS) is 13.0. The van der Waals surface area contributed by atoms with Gasteiger partial charge in [0, 0.05) is 49.7 Å². The van der Waals surface area contributed by atoms with E-state index in [1.54, 1.807) is 0 Å². The maximum absolute atomic E-state index is 7.18. The molecule has 0 unspecified atom stereocenters. The first-order valence-corrected chi connectivity index (χ1v) is 25.1. The van der Waals surface area contributed by atoms with E-state index in [0.717, 1.165) is 99.5 Å². The highest BCUT2D eigenvalue weighted by Crippen LogP contribution is 2.66. The summed E-state index contributed by atoms with van der Waals surface area (Å²) in [7, 11) is 0. The van der Waals surface area contributed by atoms with Gasteiger partial charge in [-0.1, -0.05) is 164 Å². The summed E-state index contributed by atoms with van der Waals surface area (Å²) in [6.45, 7) is 0. The molecular weight excluding hydrogens is 889 g/mol. The van der Waals surface area contributed by atoms with Gasteiger partial charge in [-0.15, -0.1) is 0 Å². The lowest BCUT2D eigenvalue weighted by Gasteiger charge is -2.33. The second-order valence-electron chi connectivity index (χ2n) is 19.5. The van der Waals surface area contributed by atoms with Crippen LogP contribution in [0, 0.1) is 0 Å². The fourth-order valence-corrected chi connectivity index (χ4v) is 12.9. The Labute approximate surface area is 420 Å². The van der Waals surface area contributed by atoms with Gasteiger partial charge in [0.2, 0.25) is 0 Å². The molecule has 0 bridgehead atoms. The zero-order valence-electron chi connectivity index (χ0n) is 39.5. The Morgan fingerprint density at radius 2 is 0.726 bits per heavy atom. The van der Waals surface area contributed by atoms with Gasteiger partial charge < -0.3 is 18.6 Å². The van der Waals surface area contributed by atoms with Crippen molar-refractivity contribution >= 4 is 99.5 Å². The molecule has 16 rings (SSSR count). The van der Waals surface area contributed by atoms with Crippen molar-refractivity contribution in [3.05, 3.63) is 277 Å². The van der Waals surface area contributed by atoms with Crippen LogP contribution in [0.15, 0.2) is 264 Å². The third-order valence-corrected chi connectivity index (χ3v) is 15.8. The maximum Gasteiger partial charge on any atom is 0.145 e. The summed E-state index contributed by atoms with van der Waals surface area (Å²) in [6.07, 6.45) is 0. The summed E-state index contributed by atoms with van der Waals surface area (Å²) >= 11 is 0. The van der Waals surface area contributed by atoms with Gasteiger partial charge in [-0.3, -0.25) is 0 Å². The SMILES string of the molecule is c1ccc(N(c2ccccc2)c2cc3c(c4ccc5c6ccccc6oc5c24)-c2cc4c(cc2C32c3ccccc3-c3ccccc32)cc(N(c2ccccc2)c2ccccc2)c2c3ccccc3oc42)cc1. The number of rotatable bonds is 6. The first-order chi connectivity index (χ1) is 36.2. The Balaban J connectivity index is 1.10. The maximum atomic E-state index is 7.18. The van der Waals surface area contributed by atoms with E-state index < -0.39 is 5.41 Å². The van der Waals surface area contributed by atoms with Gasteiger partial charge in [-0.2, -0.15) is 0 Å². The average Bonchev–Trinajstić information content (AvgIpc) is 4.29. The number of benzene rings is 12. The minimum Gasteiger partial charge on any atom is -0.455 e. The van der Waals surface area contributed by atoms with Gasteiger partial charge in [0.05, 0.1) is 22.2 Å². The molecule has 340 valence electrons. The van der Waals surface area contributed by atoms with Crippen molar-refractivity contribution in [3.63, 3.8) is 0 Å². The topological polar surface area (TPSA) is 32.8 Å². The predicted octanol–water partition coefficient (Wildman–Crippen LogP) is 19.1. The molecule has 0 fully saturated rings. The van der Waals surface area contributed by atoms with Gasteiger partial charge >= 0.3 is 0 Å². The van der Waals surface area contributed by atoms with Gasteiger partial charge in [0.25, 0.3) is 0 Å². The number of hydrogen-bond acceptors (Lipinski definition) is 4. The molecule has 0 atom stereocenters. The Bertz CT molecular complexity index is 4430. The zero-order chi connectivity index (χ0) is 47.8. The Hall–Kier alpha value is -9.64. The second-order valence-corrected chi connectivity index (χ2v) is 19.5. The highest BCUT2D eigenvalue weighted by atomic mass is 16.3. The van der Waals surface area contributed by atoms with Crippen LogP contribution in [-0.2, 0) is 5.41 Å². The molecule has 0 amide bonds. The Kier molecular flexibility index (Phi) is 8.35. The van der Waals surface area contributed by atoms with Crippen LogP contribution in [0.1, 0.15) is 22.3 Å². The van der Waals surface area contributed by atoms with Gasteiger partial charge in [-0.25, -0.2) is 0 Å². The number of hydrogen-bond donors (Lipinski definition) is 0. The van der Waals surface area contributed by atoms with Gasteiger partial charge in [0.1, 0.15) is 22.3 Å². The third-order valence-electron chi connectivity index (χ3n) is 15.8. The molecule has 2 heterocycles. The van der Waals surface area contributed by atoms with E-state index >= 15 is 0 Å². The zero-order valence-corrected chi connectivity index (χ0v) is 39.5. The van der Waals surface area contributed by atoms with Crippen LogP contribution in [0.25, 0.3) is 87.7 Å². The molecule has 14 aromatic rings. The van der Waals surface area contributed by atoms with Crippen LogP contribution in [0.5, 0.6) is 0 Å². The van der Waals surface area contributed by atoms with Crippen LogP contribution < -0.4 is 9.80 Å². The van der Waals surface area contributed by atoms with Crippen molar-refractivity contribution in [1.29, 1.82) is 0 Å². The lowest BCUT2D eigenvalue weighted by molar-refractivity contribution is 0.672. The number of nitrogens with zero attached hydrogens (tertiary/aromatic N) is 2. The van der Waals surface area contributed by atoms with E-state index in [1.165, 1.54) is 44.5 Å². The summed E-state index contributed by atoms with van der Waals surface area (Å²) in [6, 6.07) is 92.7. The highest BCUT2D eigenvalue weighted by molar-refractivity contribution is 6.26. The van der Waals surface area contributed by atoms with Crippen LogP contribution in [0.3, 0.4) is 0 Å². The Morgan fingerprint density at radius 3 is 1.30 bits per heavy atom. The molecule has 2 aliphatic rings. The number of para-hydroxylation sites is 6. The molecule has 12 aromatic carbocycles. The van der Waals surface area contributed by atoms with E-state index in [0.29, 0.717) is 0 Å². The minimum atomic E-state index is -0.696. The summed E-state index contributed by atoms with van der Waals surface area (Å²) in [5.74, 6) is 0. The summed E-state index contributed by atoms with van der Waals surface area (Å²) < 4.78 is 14.3.